The molecule has 1 aromatic rings. The average Bonchev–Trinajstić information content (AvgIpc) is 2.11. The Hall–Kier alpha value is 0.460. The Bertz CT molecular complexity index is 413. The van der Waals surface area contributed by atoms with Gasteiger partial charge in [0, 0.05) is 5.56 Å². The van der Waals surface area contributed by atoms with Crippen molar-refractivity contribution in [2.75, 3.05) is 0 Å². The van der Waals surface area contributed by atoms with E-state index in [1.165, 1.54) is 0 Å². The quantitative estimate of drug-likeness (QED) is 0.428. The van der Waals surface area contributed by atoms with Gasteiger partial charge in [0.05, 0.1) is 20.6 Å². The zero-order valence-electron chi connectivity index (χ0n) is 7.18. The minimum atomic E-state index is -4.65. The van der Waals surface area contributed by atoms with Gasteiger partial charge in [0.15, 0.2) is 0 Å². The van der Waals surface area contributed by atoms with Gasteiger partial charge in [-0.25, -0.2) is 0 Å². The van der Waals surface area contributed by atoms with Crippen molar-refractivity contribution >= 4 is 58.0 Å². The Morgan fingerprint density at radius 3 is 1.81 bits per heavy atom. The van der Waals surface area contributed by atoms with Crippen LogP contribution in [0, 0.1) is 0 Å². The molecule has 90 valence electrons. The fourth-order valence-electron chi connectivity index (χ4n) is 0.989. The van der Waals surface area contributed by atoms with Crippen LogP contribution in [0.3, 0.4) is 0 Å². The largest absolute Gasteiger partial charge is 0.417 e. The highest BCUT2D eigenvalue weighted by Gasteiger charge is 2.36. The number of hydrogen-bond acceptors (Lipinski definition) is 0. The van der Waals surface area contributed by atoms with E-state index in [0.29, 0.717) is 6.07 Å². The molecule has 0 aliphatic rings. The Morgan fingerprint density at radius 1 is 0.938 bits per heavy atom. The van der Waals surface area contributed by atoms with Crippen molar-refractivity contribution < 1.29 is 13.2 Å². The van der Waals surface area contributed by atoms with Crippen molar-refractivity contribution in [2.45, 2.75) is 11.0 Å². The molecule has 0 fully saturated rings. The third kappa shape index (κ3) is 2.82. The first-order chi connectivity index (χ1) is 7.16. The minimum absolute atomic E-state index is 0.133. The molecule has 0 heterocycles. The van der Waals surface area contributed by atoms with Gasteiger partial charge in [-0.05, 0) is 6.07 Å². The zero-order chi connectivity index (χ0) is 12.7. The lowest BCUT2D eigenvalue weighted by atomic mass is 10.1. The second-order valence-electron chi connectivity index (χ2n) is 2.75. The van der Waals surface area contributed by atoms with Crippen molar-refractivity contribution in [3.05, 3.63) is 32.3 Å². The number of rotatable bonds is 1. The van der Waals surface area contributed by atoms with Crippen LogP contribution >= 0.6 is 58.0 Å². The Morgan fingerprint density at radius 2 is 1.44 bits per heavy atom. The van der Waals surface area contributed by atoms with Gasteiger partial charge in [-0.1, -0.05) is 34.8 Å². The first-order valence-electron chi connectivity index (χ1n) is 3.69. The second kappa shape index (κ2) is 4.99. The Balaban J connectivity index is 3.54. The molecule has 1 rings (SSSR count). The van der Waals surface area contributed by atoms with Gasteiger partial charge in [-0.15, -0.1) is 23.2 Å². The molecule has 0 spiro atoms. The van der Waals surface area contributed by atoms with E-state index in [9.17, 15) is 13.2 Å². The molecule has 0 aliphatic heterocycles. The maximum absolute atomic E-state index is 12.5. The molecule has 0 radical (unpaired) electrons. The topological polar surface area (TPSA) is 0 Å². The SMILES string of the molecule is FC(F)(F)c1cc(C(Cl)Cl)c(Cl)c(Cl)c1Cl. The second-order valence-corrected chi connectivity index (χ2v) is 4.98. The molecule has 1 aromatic carbocycles. The highest BCUT2D eigenvalue weighted by atomic mass is 35.5. The molecule has 0 saturated carbocycles. The minimum Gasteiger partial charge on any atom is -0.166 e. The fraction of sp³-hybridized carbons (Fsp3) is 0.250. The number of alkyl halides is 5. The molecular weight excluding hydrogens is 330 g/mol. The van der Waals surface area contributed by atoms with Gasteiger partial charge in [0.25, 0.3) is 0 Å². The average molecular weight is 332 g/mol. The van der Waals surface area contributed by atoms with Crippen LogP contribution in [0.4, 0.5) is 13.2 Å². The standard InChI is InChI=1S/C8H2Cl5F3/c9-4-2(7(12)13)1-3(8(14,15)16)5(10)6(4)11/h1,7H. The van der Waals surface area contributed by atoms with Crippen LogP contribution in [-0.4, -0.2) is 0 Å². The van der Waals surface area contributed by atoms with E-state index in [0.717, 1.165) is 0 Å². The monoisotopic (exact) mass is 330 g/mol. The smallest absolute Gasteiger partial charge is 0.166 e. The summed E-state index contributed by atoms with van der Waals surface area (Å²) >= 11 is 27.6. The van der Waals surface area contributed by atoms with Crippen molar-refractivity contribution in [1.82, 2.24) is 0 Å². The van der Waals surface area contributed by atoms with Crippen molar-refractivity contribution in [1.29, 1.82) is 0 Å². The van der Waals surface area contributed by atoms with Gasteiger partial charge in [0.1, 0.15) is 4.84 Å². The Labute approximate surface area is 114 Å². The van der Waals surface area contributed by atoms with Crippen LogP contribution in [-0.2, 0) is 6.18 Å². The number of halogens is 8. The van der Waals surface area contributed by atoms with Gasteiger partial charge >= 0.3 is 6.18 Å². The van der Waals surface area contributed by atoms with E-state index in [4.69, 9.17) is 58.0 Å². The van der Waals surface area contributed by atoms with E-state index in [1.54, 1.807) is 0 Å². The summed E-state index contributed by atoms with van der Waals surface area (Å²) < 4.78 is 37.6. The lowest BCUT2D eigenvalue weighted by Gasteiger charge is -2.14. The molecule has 0 saturated heterocycles. The molecule has 0 bridgehead atoms. The molecular formula is C8H2Cl5F3. The third-order valence-electron chi connectivity index (χ3n) is 1.72. The molecule has 0 amide bonds. The van der Waals surface area contributed by atoms with E-state index in [1.807, 2.05) is 0 Å². The molecule has 0 nitrogen and oxygen atoms in total. The summed E-state index contributed by atoms with van der Waals surface area (Å²) in [5, 5.41) is -1.27. The third-order valence-corrected chi connectivity index (χ3v) is 3.56. The number of benzene rings is 1. The molecule has 0 atom stereocenters. The molecule has 0 N–H and O–H groups in total. The van der Waals surface area contributed by atoms with Gasteiger partial charge in [-0.3, -0.25) is 0 Å². The summed E-state index contributed by atoms with van der Waals surface area (Å²) in [5.41, 5.74) is -1.25. The lowest BCUT2D eigenvalue weighted by molar-refractivity contribution is -0.137. The van der Waals surface area contributed by atoms with E-state index >= 15 is 0 Å². The summed E-state index contributed by atoms with van der Waals surface area (Å²) in [6.07, 6.45) is -4.65. The number of hydrogen-bond donors (Lipinski definition) is 0. The summed E-state index contributed by atoms with van der Waals surface area (Å²) in [6, 6.07) is 0.682. The summed E-state index contributed by atoms with van der Waals surface area (Å²) in [4.78, 5) is -1.22. The van der Waals surface area contributed by atoms with E-state index < -0.39 is 26.6 Å². The van der Waals surface area contributed by atoms with Crippen molar-refractivity contribution in [3.63, 3.8) is 0 Å². The molecule has 0 aromatic heterocycles. The fourth-order valence-corrected chi connectivity index (χ4v) is 2.22. The predicted octanol–water partition coefficient (Wildman–Crippen LogP) is 6.14. The molecule has 0 unspecified atom stereocenters. The van der Waals surface area contributed by atoms with Gasteiger partial charge in [-0.2, -0.15) is 13.2 Å². The summed E-state index contributed by atoms with van der Waals surface area (Å²) in [7, 11) is 0. The lowest BCUT2D eigenvalue weighted by Crippen LogP contribution is -2.07. The van der Waals surface area contributed by atoms with E-state index in [2.05, 4.69) is 0 Å². The van der Waals surface area contributed by atoms with Crippen LogP contribution < -0.4 is 0 Å². The van der Waals surface area contributed by atoms with Gasteiger partial charge < -0.3 is 0 Å². The van der Waals surface area contributed by atoms with Crippen LogP contribution in [0.25, 0.3) is 0 Å². The maximum atomic E-state index is 12.5. The van der Waals surface area contributed by atoms with E-state index in [-0.39, 0.29) is 10.6 Å². The van der Waals surface area contributed by atoms with Crippen LogP contribution in [0.5, 0.6) is 0 Å². The highest BCUT2D eigenvalue weighted by molar-refractivity contribution is 6.50. The highest BCUT2D eigenvalue weighted by Crippen LogP contribution is 2.45. The van der Waals surface area contributed by atoms with Crippen molar-refractivity contribution in [3.8, 4) is 0 Å². The summed E-state index contributed by atoms with van der Waals surface area (Å²) in [6.45, 7) is 0. The molecule has 8 heteroatoms. The van der Waals surface area contributed by atoms with Crippen LogP contribution in [0.15, 0.2) is 6.07 Å². The maximum Gasteiger partial charge on any atom is 0.417 e. The first kappa shape index (κ1) is 14.5. The van der Waals surface area contributed by atoms with Crippen molar-refractivity contribution in [2.24, 2.45) is 0 Å². The zero-order valence-corrected chi connectivity index (χ0v) is 11.0. The van der Waals surface area contributed by atoms with Gasteiger partial charge in [0.2, 0.25) is 0 Å². The molecule has 0 aliphatic carbocycles. The normalized spacial score (nSPS) is 12.3. The Kier molecular flexibility index (Phi) is 4.53. The predicted molar refractivity (Wildman–Crippen MR) is 60.9 cm³/mol. The van der Waals surface area contributed by atoms with Crippen LogP contribution in [0.2, 0.25) is 15.1 Å². The van der Waals surface area contributed by atoms with Crippen LogP contribution in [0.1, 0.15) is 16.0 Å². The first-order valence-corrected chi connectivity index (χ1v) is 5.69. The molecule has 16 heavy (non-hydrogen) atoms. The summed E-state index contributed by atoms with van der Waals surface area (Å²) in [5.74, 6) is 0.